The van der Waals surface area contributed by atoms with Crippen LogP contribution >= 0.6 is 11.8 Å². The molecule has 0 atom stereocenters. The zero-order chi connectivity index (χ0) is 12.1. The highest BCUT2D eigenvalue weighted by molar-refractivity contribution is 7.98. The summed E-state index contributed by atoms with van der Waals surface area (Å²) in [4.78, 5) is 12.4. The van der Waals surface area contributed by atoms with Gasteiger partial charge < -0.3 is 0 Å². The zero-order valence-corrected chi connectivity index (χ0v) is 10.5. The fourth-order valence-corrected chi connectivity index (χ4v) is 2.46. The van der Waals surface area contributed by atoms with Gasteiger partial charge in [-0.1, -0.05) is 42.5 Å². The Kier molecular flexibility index (Phi) is 3.99. The molecule has 2 aromatic rings. The van der Waals surface area contributed by atoms with E-state index in [1.807, 2.05) is 42.5 Å². The maximum absolute atomic E-state index is 11.3. The molecule has 0 fully saturated rings. The van der Waals surface area contributed by atoms with E-state index in [1.54, 1.807) is 18.7 Å². The molecule has 0 spiro atoms. The molecule has 2 heteroatoms. The number of benzene rings is 2. The third kappa shape index (κ3) is 3.46. The van der Waals surface area contributed by atoms with E-state index in [2.05, 4.69) is 12.1 Å². The third-order valence-corrected chi connectivity index (χ3v) is 3.55. The van der Waals surface area contributed by atoms with Gasteiger partial charge in [-0.3, -0.25) is 4.79 Å². The van der Waals surface area contributed by atoms with E-state index < -0.39 is 0 Å². The van der Waals surface area contributed by atoms with E-state index in [-0.39, 0.29) is 5.78 Å². The minimum absolute atomic E-state index is 0.118. The van der Waals surface area contributed by atoms with Crippen LogP contribution in [0.15, 0.2) is 59.5 Å². The number of carbonyl (C=O) groups excluding carboxylic acids is 1. The summed E-state index contributed by atoms with van der Waals surface area (Å²) < 4.78 is 0. The van der Waals surface area contributed by atoms with E-state index >= 15 is 0 Å². The molecule has 0 aromatic heterocycles. The molecule has 0 amide bonds. The molecular formula is C15H14OS. The van der Waals surface area contributed by atoms with Crippen molar-refractivity contribution in [1.29, 1.82) is 0 Å². The first kappa shape index (κ1) is 11.9. The predicted octanol–water partition coefficient (Wildman–Crippen LogP) is 4.18. The molecule has 17 heavy (non-hydrogen) atoms. The minimum Gasteiger partial charge on any atom is -0.295 e. The number of thioether (sulfide) groups is 1. The molecule has 0 radical (unpaired) electrons. The van der Waals surface area contributed by atoms with Crippen molar-refractivity contribution < 1.29 is 4.79 Å². The van der Waals surface area contributed by atoms with E-state index in [4.69, 9.17) is 0 Å². The van der Waals surface area contributed by atoms with Crippen LogP contribution in [-0.4, -0.2) is 5.78 Å². The fourth-order valence-electron chi connectivity index (χ4n) is 1.55. The SMILES string of the molecule is CC(=O)c1cccc(SCc2ccccc2)c1. The molecule has 0 N–H and O–H groups in total. The highest BCUT2D eigenvalue weighted by Crippen LogP contribution is 2.23. The smallest absolute Gasteiger partial charge is 0.159 e. The van der Waals surface area contributed by atoms with Gasteiger partial charge in [0.25, 0.3) is 0 Å². The van der Waals surface area contributed by atoms with Crippen molar-refractivity contribution >= 4 is 17.5 Å². The molecule has 0 bridgehead atoms. The van der Waals surface area contributed by atoms with Crippen LogP contribution in [0.3, 0.4) is 0 Å². The van der Waals surface area contributed by atoms with Crippen LogP contribution in [0.4, 0.5) is 0 Å². The number of ketones is 1. The van der Waals surface area contributed by atoms with Gasteiger partial charge in [0.1, 0.15) is 0 Å². The van der Waals surface area contributed by atoms with Gasteiger partial charge in [0.05, 0.1) is 0 Å². The second kappa shape index (κ2) is 5.69. The summed E-state index contributed by atoms with van der Waals surface area (Å²) in [7, 11) is 0. The van der Waals surface area contributed by atoms with Gasteiger partial charge in [0.2, 0.25) is 0 Å². The topological polar surface area (TPSA) is 17.1 Å². The second-order valence-corrected chi connectivity index (χ2v) is 4.91. The van der Waals surface area contributed by atoms with Crippen LogP contribution in [0.2, 0.25) is 0 Å². The molecule has 0 saturated carbocycles. The first-order valence-corrected chi connectivity index (χ1v) is 6.52. The molecular weight excluding hydrogens is 228 g/mol. The Bertz CT molecular complexity index is 505. The molecule has 2 aromatic carbocycles. The van der Waals surface area contributed by atoms with Crippen molar-refractivity contribution in [1.82, 2.24) is 0 Å². The molecule has 0 aliphatic heterocycles. The highest BCUT2D eigenvalue weighted by Gasteiger charge is 2.01. The molecule has 0 heterocycles. The van der Waals surface area contributed by atoms with Crippen molar-refractivity contribution in [2.75, 3.05) is 0 Å². The number of hydrogen-bond donors (Lipinski definition) is 0. The number of carbonyl (C=O) groups is 1. The van der Waals surface area contributed by atoms with Crippen LogP contribution in [0.5, 0.6) is 0 Å². The van der Waals surface area contributed by atoms with E-state index in [1.165, 1.54) is 5.56 Å². The van der Waals surface area contributed by atoms with Gasteiger partial charge in [-0.05, 0) is 24.6 Å². The quantitative estimate of drug-likeness (QED) is 0.591. The van der Waals surface area contributed by atoms with Crippen LogP contribution in [0, 0.1) is 0 Å². The summed E-state index contributed by atoms with van der Waals surface area (Å²) in [6.45, 7) is 1.60. The lowest BCUT2D eigenvalue weighted by Gasteiger charge is -2.03. The Hall–Kier alpha value is -1.54. The number of rotatable bonds is 4. The molecule has 86 valence electrons. The normalized spacial score (nSPS) is 10.2. The zero-order valence-electron chi connectivity index (χ0n) is 9.72. The Morgan fingerprint density at radius 2 is 1.82 bits per heavy atom. The standard InChI is InChI=1S/C15H14OS/c1-12(16)14-8-5-9-15(10-14)17-11-13-6-3-2-4-7-13/h2-10H,11H2,1H3. The molecule has 0 unspecified atom stereocenters. The Morgan fingerprint density at radius 1 is 1.06 bits per heavy atom. The largest absolute Gasteiger partial charge is 0.295 e. The molecule has 2 rings (SSSR count). The van der Waals surface area contributed by atoms with E-state index in [9.17, 15) is 4.79 Å². The van der Waals surface area contributed by atoms with Crippen LogP contribution in [0.25, 0.3) is 0 Å². The summed E-state index contributed by atoms with van der Waals surface area (Å²) in [6, 6.07) is 18.1. The molecule has 0 saturated heterocycles. The lowest BCUT2D eigenvalue weighted by Crippen LogP contribution is -1.91. The van der Waals surface area contributed by atoms with Crippen molar-refractivity contribution in [2.24, 2.45) is 0 Å². The van der Waals surface area contributed by atoms with Gasteiger partial charge in [-0.15, -0.1) is 11.8 Å². The van der Waals surface area contributed by atoms with Crippen LogP contribution < -0.4 is 0 Å². The van der Waals surface area contributed by atoms with Gasteiger partial charge in [-0.2, -0.15) is 0 Å². The summed E-state index contributed by atoms with van der Waals surface area (Å²) >= 11 is 1.75. The van der Waals surface area contributed by atoms with E-state index in [0.29, 0.717) is 0 Å². The van der Waals surface area contributed by atoms with E-state index in [0.717, 1.165) is 16.2 Å². The predicted molar refractivity (Wildman–Crippen MR) is 72.4 cm³/mol. The summed E-state index contributed by atoms with van der Waals surface area (Å²) in [5.74, 6) is 1.05. The third-order valence-electron chi connectivity index (χ3n) is 2.49. The minimum atomic E-state index is 0.118. The summed E-state index contributed by atoms with van der Waals surface area (Å²) in [5.41, 5.74) is 2.08. The van der Waals surface area contributed by atoms with Crippen LogP contribution in [0.1, 0.15) is 22.8 Å². The summed E-state index contributed by atoms with van der Waals surface area (Å²) in [6.07, 6.45) is 0. The van der Waals surface area contributed by atoms with Crippen molar-refractivity contribution in [3.05, 3.63) is 65.7 Å². The summed E-state index contributed by atoms with van der Waals surface area (Å²) in [5, 5.41) is 0. The Morgan fingerprint density at radius 3 is 2.53 bits per heavy atom. The van der Waals surface area contributed by atoms with Gasteiger partial charge in [0, 0.05) is 16.2 Å². The molecule has 0 aliphatic carbocycles. The monoisotopic (exact) mass is 242 g/mol. The Balaban J connectivity index is 2.04. The number of Topliss-reactive ketones (excluding diaryl/α,β-unsaturated/α-hetero) is 1. The van der Waals surface area contributed by atoms with Crippen molar-refractivity contribution in [3.63, 3.8) is 0 Å². The lowest BCUT2D eigenvalue weighted by molar-refractivity contribution is 0.101. The highest BCUT2D eigenvalue weighted by atomic mass is 32.2. The van der Waals surface area contributed by atoms with Crippen molar-refractivity contribution in [2.45, 2.75) is 17.6 Å². The first-order chi connectivity index (χ1) is 8.25. The van der Waals surface area contributed by atoms with Crippen LogP contribution in [-0.2, 0) is 5.75 Å². The van der Waals surface area contributed by atoms with Crippen molar-refractivity contribution in [3.8, 4) is 0 Å². The number of hydrogen-bond acceptors (Lipinski definition) is 2. The molecule has 1 nitrogen and oxygen atoms in total. The average molecular weight is 242 g/mol. The fraction of sp³-hybridized carbons (Fsp3) is 0.133. The average Bonchev–Trinajstić information content (AvgIpc) is 2.38. The van der Waals surface area contributed by atoms with Gasteiger partial charge in [0.15, 0.2) is 5.78 Å². The maximum atomic E-state index is 11.3. The van der Waals surface area contributed by atoms with Gasteiger partial charge >= 0.3 is 0 Å². The molecule has 0 aliphatic rings. The lowest BCUT2D eigenvalue weighted by atomic mass is 10.2. The Labute approximate surface area is 106 Å². The first-order valence-electron chi connectivity index (χ1n) is 5.53. The van der Waals surface area contributed by atoms with Gasteiger partial charge in [-0.25, -0.2) is 0 Å². The second-order valence-electron chi connectivity index (χ2n) is 3.86. The maximum Gasteiger partial charge on any atom is 0.159 e.